The van der Waals surface area contributed by atoms with Crippen LogP contribution < -0.4 is 0 Å². The largest absolute Gasteiger partial charge is 0.379 e. The first kappa shape index (κ1) is 27.3. The maximum Gasteiger partial charge on any atom is 0.0701 e. The van der Waals surface area contributed by atoms with Crippen LogP contribution in [0.25, 0.3) is 0 Å². The van der Waals surface area contributed by atoms with Crippen molar-refractivity contribution in [2.45, 2.75) is 12.8 Å². The van der Waals surface area contributed by atoms with E-state index in [2.05, 4.69) is 9.97 Å². The second-order valence-electron chi connectivity index (χ2n) is 8.39. The van der Waals surface area contributed by atoms with Crippen molar-refractivity contribution in [2.24, 2.45) is 11.8 Å². The molecule has 0 saturated carbocycles. The van der Waals surface area contributed by atoms with E-state index in [0.29, 0.717) is 106 Å². The van der Waals surface area contributed by atoms with E-state index in [1.54, 1.807) is 0 Å². The Morgan fingerprint density at radius 1 is 0.441 bits per heavy atom. The Hall–Kier alpha value is -1.24. The summed E-state index contributed by atoms with van der Waals surface area (Å²) >= 11 is 0. The second kappa shape index (κ2) is 18.1. The summed E-state index contributed by atoms with van der Waals surface area (Å²) < 4.78 is 45.0. The van der Waals surface area contributed by atoms with E-state index in [1.807, 2.05) is 12.4 Å². The summed E-state index contributed by atoms with van der Waals surface area (Å²) in [5.74, 6) is 0.394. The van der Waals surface area contributed by atoms with E-state index in [9.17, 15) is 0 Å². The molecule has 3 rings (SSSR count). The van der Waals surface area contributed by atoms with E-state index in [1.165, 1.54) is 0 Å². The minimum absolute atomic E-state index is 0.197. The van der Waals surface area contributed by atoms with Crippen molar-refractivity contribution < 1.29 is 37.9 Å². The highest BCUT2D eigenvalue weighted by Gasteiger charge is 2.15. The Balaban J connectivity index is 1.46. The fraction of sp³-hybridized carbons (Fsp3) is 0.833. The lowest BCUT2D eigenvalue weighted by Crippen LogP contribution is -2.22. The second-order valence-corrected chi connectivity index (χ2v) is 8.39. The van der Waals surface area contributed by atoms with Gasteiger partial charge in [0.05, 0.1) is 117 Å². The molecule has 2 fully saturated rings. The molecule has 1 aromatic heterocycles. The third kappa shape index (κ3) is 12.5. The van der Waals surface area contributed by atoms with Gasteiger partial charge in [-0.1, -0.05) is 0 Å². The topological polar surface area (TPSA) is 99.6 Å². The Kier molecular flexibility index (Phi) is 14.5. The first-order valence-corrected chi connectivity index (χ1v) is 12.3. The van der Waals surface area contributed by atoms with Gasteiger partial charge in [0.2, 0.25) is 0 Å². The van der Waals surface area contributed by atoms with Gasteiger partial charge < -0.3 is 37.9 Å². The van der Waals surface area contributed by atoms with Crippen molar-refractivity contribution in [3.05, 3.63) is 23.8 Å². The van der Waals surface area contributed by atoms with Gasteiger partial charge in [-0.05, 0) is 12.8 Å². The molecule has 2 saturated heterocycles. The first-order valence-electron chi connectivity index (χ1n) is 12.3. The normalized spacial score (nSPS) is 22.8. The lowest BCUT2D eigenvalue weighted by atomic mass is 10.0. The Morgan fingerprint density at radius 3 is 0.971 bits per heavy atom. The summed E-state index contributed by atoms with van der Waals surface area (Å²) in [5.41, 5.74) is 1.85. The molecular formula is C24H40N2O8. The molecule has 0 aromatic carbocycles. The van der Waals surface area contributed by atoms with Crippen LogP contribution in [0.2, 0.25) is 0 Å². The van der Waals surface area contributed by atoms with Gasteiger partial charge in [-0.3, -0.25) is 9.97 Å². The van der Waals surface area contributed by atoms with Gasteiger partial charge in [-0.2, -0.15) is 0 Å². The SMILES string of the molecule is c1nc(CC2COCCOCCOCCOC2)cnc1CC1COCCOCCOCCOC1. The van der Waals surface area contributed by atoms with Gasteiger partial charge in [0, 0.05) is 24.2 Å². The molecule has 1 aromatic rings. The maximum atomic E-state index is 5.78. The first-order chi connectivity index (χ1) is 16.9. The Morgan fingerprint density at radius 2 is 0.706 bits per heavy atom. The van der Waals surface area contributed by atoms with Gasteiger partial charge >= 0.3 is 0 Å². The highest BCUT2D eigenvalue weighted by atomic mass is 16.6. The van der Waals surface area contributed by atoms with Crippen LogP contribution in [0.3, 0.4) is 0 Å². The molecule has 10 nitrogen and oxygen atoms in total. The summed E-state index contributed by atoms with van der Waals surface area (Å²) in [4.78, 5) is 9.31. The fourth-order valence-electron chi connectivity index (χ4n) is 3.63. The lowest BCUT2D eigenvalue weighted by Gasteiger charge is -2.18. The number of hydrogen-bond acceptors (Lipinski definition) is 10. The van der Waals surface area contributed by atoms with Crippen LogP contribution in [0.5, 0.6) is 0 Å². The van der Waals surface area contributed by atoms with Crippen molar-refractivity contribution >= 4 is 0 Å². The summed E-state index contributed by atoms with van der Waals surface area (Å²) in [7, 11) is 0. The molecule has 0 atom stereocenters. The predicted octanol–water partition coefficient (Wildman–Crippen LogP) is 0.954. The Labute approximate surface area is 202 Å². The standard InChI is InChI=1S/C24H40N2O8/c1-2-28-6-10-32-18-21(17-31-9-5-27-1)13-23-15-26-24(16-25-23)14-22-19-33-11-7-29-3-4-30-8-12-34-20-22/h15-16,21-22H,1-14,17-20H2. The third-order valence-corrected chi connectivity index (χ3v) is 5.40. The molecule has 2 aliphatic heterocycles. The molecule has 2 aliphatic rings. The van der Waals surface area contributed by atoms with Crippen LogP contribution in [-0.2, 0) is 50.7 Å². The van der Waals surface area contributed by atoms with Crippen LogP contribution in [-0.4, -0.2) is 116 Å². The number of ether oxygens (including phenoxy) is 8. The molecule has 0 spiro atoms. The zero-order chi connectivity index (χ0) is 23.5. The molecule has 0 unspecified atom stereocenters. The molecule has 0 amide bonds. The number of hydrogen-bond donors (Lipinski definition) is 0. The van der Waals surface area contributed by atoms with E-state index in [-0.39, 0.29) is 11.8 Å². The summed E-state index contributed by atoms with van der Waals surface area (Å²) in [6.07, 6.45) is 5.19. The van der Waals surface area contributed by atoms with Gasteiger partial charge in [-0.15, -0.1) is 0 Å². The zero-order valence-corrected chi connectivity index (χ0v) is 20.2. The molecule has 3 heterocycles. The van der Waals surface area contributed by atoms with Crippen molar-refractivity contribution in [3.63, 3.8) is 0 Å². The molecular weight excluding hydrogens is 444 g/mol. The third-order valence-electron chi connectivity index (χ3n) is 5.40. The number of nitrogens with zero attached hydrogens (tertiary/aromatic N) is 2. The summed E-state index contributed by atoms with van der Waals surface area (Å²) in [6.45, 7) is 9.22. The molecule has 194 valence electrons. The maximum absolute atomic E-state index is 5.78. The van der Waals surface area contributed by atoms with Crippen LogP contribution >= 0.6 is 0 Å². The molecule has 0 bridgehead atoms. The minimum atomic E-state index is 0.197. The van der Waals surface area contributed by atoms with Crippen molar-refractivity contribution in [1.82, 2.24) is 9.97 Å². The molecule has 10 heteroatoms. The smallest absolute Gasteiger partial charge is 0.0701 e. The van der Waals surface area contributed by atoms with Crippen LogP contribution in [0.1, 0.15) is 11.4 Å². The highest BCUT2D eigenvalue weighted by Crippen LogP contribution is 2.12. The van der Waals surface area contributed by atoms with Gasteiger partial charge in [-0.25, -0.2) is 0 Å². The quantitative estimate of drug-likeness (QED) is 0.614. The van der Waals surface area contributed by atoms with Crippen LogP contribution in [0, 0.1) is 11.8 Å². The van der Waals surface area contributed by atoms with Gasteiger partial charge in [0.25, 0.3) is 0 Å². The van der Waals surface area contributed by atoms with Crippen molar-refractivity contribution in [3.8, 4) is 0 Å². The van der Waals surface area contributed by atoms with E-state index < -0.39 is 0 Å². The average molecular weight is 485 g/mol. The van der Waals surface area contributed by atoms with Gasteiger partial charge in [0.1, 0.15) is 0 Å². The monoisotopic (exact) mass is 484 g/mol. The summed E-state index contributed by atoms with van der Waals surface area (Å²) in [5, 5.41) is 0. The molecule has 0 radical (unpaired) electrons. The Bertz CT molecular complexity index is 540. The van der Waals surface area contributed by atoms with E-state index in [4.69, 9.17) is 37.9 Å². The highest BCUT2D eigenvalue weighted by molar-refractivity contribution is 5.04. The lowest BCUT2D eigenvalue weighted by molar-refractivity contribution is 0.0106. The van der Waals surface area contributed by atoms with E-state index in [0.717, 1.165) is 24.2 Å². The number of aromatic nitrogens is 2. The molecule has 0 aliphatic carbocycles. The van der Waals surface area contributed by atoms with Crippen LogP contribution in [0.4, 0.5) is 0 Å². The molecule has 0 N–H and O–H groups in total. The van der Waals surface area contributed by atoms with Crippen LogP contribution in [0.15, 0.2) is 12.4 Å². The average Bonchev–Trinajstić information content (AvgIpc) is 2.89. The minimum Gasteiger partial charge on any atom is -0.379 e. The van der Waals surface area contributed by atoms with Gasteiger partial charge in [0.15, 0.2) is 0 Å². The predicted molar refractivity (Wildman–Crippen MR) is 123 cm³/mol. The zero-order valence-electron chi connectivity index (χ0n) is 20.2. The van der Waals surface area contributed by atoms with Crippen molar-refractivity contribution in [2.75, 3.05) is 106 Å². The van der Waals surface area contributed by atoms with Crippen molar-refractivity contribution in [1.29, 1.82) is 0 Å². The number of rotatable bonds is 4. The summed E-state index contributed by atoms with van der Waals surface area (Å²) in [6, 6.07) is 0. The molecule has 34 heavy (non-hydrogen) atoms. The van der Waals surface area contributed by atoms with E-state index >= 15 is 0 Å². The fourth-order valence-corrected chi connectivity index (χ4v) is 3.63.